The van der Waals surface area contributed by atoms with Crippen LogP contribution in [0.1, 0.15) is 50.1 Å². The van der Waals surface area contributed by atoms with Crippen LogP contribution in [0.25, 0.3) is 43.1 Å². The van der Waals surface area contributed by atoms with Gasteiger partial charge in [0.15, 0.2) is 23.0 Å². The van der Waals surface area contributed by atoms with Gasteiger partial charge in [-0.05, 0) is 23.3 Å². The molecule has 8 rings (SSSR count). The molecule has 4 atom stereocenters. The first-order valence-corrected chi connectivity index (χ1v) is 27.3. The number of aryl methyl sites for hydroxylation is 1. The van der Waals surface area contributed by atoms with Gasteiger partial charge >= 0.3 is 260 Å². The van der Waals surface area contributed by atoms with E-state index in [1.807, 2.05) is 18.2 Å². The number of nitriles is 8. The van der Waals surface area contributed by atoms with Crippen molar-refractivity contribution in [2.75, 3.05) is 0 Å². The molecule has 31 nitrogen and oxygen atoms in total. The summed E-state index contributed by atoms with van der Waals surface area (Å²) in [5.74, 6) is -2.70. The molecule has 0 radical (unpaired) electrons. The minimum absolute atomic E-state index is 0. The number of ether oxygens (including phenoxy) is 2. The molecule has 4 unspecified atom stereocenters. The van der Waals surface area contributed by atoms with E-state index >= 15 is 0 Å². The van der Waals surface area contributed by atoms with E-state index in [1.165, 1.54) is 72.8 Å². The van der Waals surface area contributed by atoms with E-state index in [0.29, 0.717) is 10.9 Å². The fourth-order valence-electron chi connectivity index (χ4n) is 7.59. The number of rotatable bonds is 10. The first-order chi connectivity index (χ1) is 42.0. The summed E-state index contributed by atoms with van der Waals surface area (Å²) in [6.45, 7) is 1.75. The second-order valence-corrected chi connectivity index (χ2v) is 17.6. The van der Waals surface area contributed by atoms with Crippen LogP contribution in [0.15, 0.2) is 97.1 Å². The van der Waals surface area contributed by atoms with Gasteiger partial charge in [-0.2, -0.15) is 58.9 Å². The van der Waals surface area contributed by atoms with Gasteiger partial charge in [-0.3, -0.25) is 0 Å². The number of carbonyl (C=O) groups is 2. The molecule has 444 valence electrons. The number of hydrogen-bond donors (Lipinski definition) is 0. The maximum absolute atomic E-state index is 11.9. The van der Waals surface area contributed by atoms with Crippen LogP contribution in [0.5, 0.6) is 40.2 Å². The van der Waals surface area contributed by atoms with Crippen LogP contribution >= 0.6 is 0 Å². The van der Waals surface area contributed by atoms with Crippen molar-refractivity contribution < 1.29 is 339 Å². The maximum Gasteiger partial charge on any atom is 1.00 e. The smallest absolute Gasteiger partial charge is 0.871 e. The zero-order chi connectivity index (χ0) is 65.9. The summed E-state index contributed by atoms with van der Waals surface area (Å²) in [4.78, 5) is 21.4. The molecule has 0 aliphatic heterocycles. The van der Waals surface area contributed by atoms with Crippen LogP contribution in [0.2, 0.25) is 0 Å². The molecule has 0 aliphatic carbocycles. The minimum Gasteiger partial charge on any atom is -0.871 e. The van der Waals surface area contributed by atoms with Crippen molar-refractivity contribution in [2.45, 2.75) is 6.92 Å². The van der Waals surface area contributed by atoms with Crippen LogP contribution in [0, 0.1) is 97.6 Å². The molecule has 0 bridgehead atoms. The first kappa shape index (κ1) is 103. The van der Waals surface area contributed by atoms with Gasteiger partial charge in [-0.1, -0.05) is 103 Å². The van der Waals surface area contributed by atoms with Crippen molar-refractivity contribution in [3.05, 3.63) is 147 Å². The molecule has 0 saturated carbocycles. The summed E-state index contributed by atoms with van der Waals surface area (Å²) in [6, 6.07) is 37.9. The minimum atomic E-state index is -2.99. The SMILES string of the molecule is Cc1c(C#N)c(C#N)c([O-])c2ccccc12.N#Cc1c(C#N)c(OC(=O)[O-])c2ccccc2c1OC(=O)[O-].N#Cc1c(C#N)c(OS(=O)[O-])c2ccccc2c1OS(=O)[O-].N#Cc1c(C#N)c(OS(=O)[O-])c2ccccc2c1OS(=O)[O-].O=S=O.O=S=O.[Na+].[Na+].[Na+].[Na+].[Na+].[Na+].[Na+].[Na+]. The van der Waals surface area contributed by atoms with Gasteiger partial charge in [-0.25, -0.2) is 16.8 Å². The maximum atomic E-state index is 11.9. The Morgan fingerprint density at radius 2 is 0.521 bits per heavy atom. The zero-order valence-corrected chi connectivity index (χ0v) is 71.6. The zero-order valence-electron chi connectivity index (χ0n) is 50.7. The Kier molecular flexibility index (Phi) is 57.3. The molecule has 8 aromatic rings. The molecule has 0 spiro atoms. The number of nitrogens with zero attached hydrogens (tertiary/aromatic N) is 8. The molecule has 96 heavy (non-hydrogen) atoms. The van der Waals surface area contributed by atoms with Crippen molar-refractivity contribution in [3.63, 3.8) is 0 Å². The van der Waals surface area contributed by atoms with Crippen molar-refractivity contribution in [3.8, 4) is 88.8 Å². The molecule has 0 saturated heterocycles. The number of carboxylic acid groups (broad SMARTS) is 2. The summed E-state index contributed by atoms with van der Waals surface area (Å²) < 4.78 is 147. The molecule has 0 fully saturated rings. The third-order valence-electron chi connectivity index (χ3n) is 10.7. The molecule has 45 heteroatoms. The summed E-state index contributed by atoms with van der Waals surface area (Å²) in [6.07, 6.45) is -3.86. The Morgan fingerprint density at radius 3 is 0.708 bits per heavy atom. The Hall–Kier alpha value is -3.66. The van der Waals surface area contributed by atoms with Crippen LogP contribution in [0.3, 0.4) is 0 Å². The topological polar surface area (TPSA) is 578 Å². The van der Waals surface area contributed by atoms with E-state index in [2.05, 4.69) is 26.2 Å². The molecule has 0 amide bonds. The van der Waals surface area contributed by atoms with Crippen LogP contribution in [-0.4, -0.2) is 64.2 Å². The molecule has 0 aromatic heterocycles. The number of fused-ring (bicyclic) bond motifs is 4. The van der Waals surface area contributed by atoms with E-state index in [-0.39, 0.29) is 309 Å². The van der Waals surface area contributed by atoms with Gasteiger partial charge in [0.2, 0.25) is 0 Å². The number of hydrogen-bond acceptors (Lipinski definition) is 31. The molecule has 8 aromatic carbocycles. The number of benzene rings is 8. The van der Waals surface area contributed by atoms with E-state index in [9.17, 15) is 60.0 Å². The third kappa shape index (κ3) is 28.0. The van der Waals surface area contributed by atoms with Gasteiger partial charge in [0.05, 0.1) is 39.8 Å². The van der Waals surface area contributed by atoms with Gasteiger partial charge in [0.25, 0.3) is 12.3 Å². The Bertz CT molecular complexity index is 4060. The fraction of sp³-hybridized carbons (Fsp3) is 0.0196. The Morgan fingerprint density at radius 1 is 0.344 bits per heavy atom. The Balaban J connectivity index is -0.000000267. The molecule has 0 aliphatic rings. The quantitative estimate of drug-likeness (QED) is 0.0531. The largest absolute Gasteiger partial charge is 1.00 e. The van der Waals surface area contributed by atoms with Crippen LogP contribution < -0.4 is 278 Å². The van der Waals surface area contributed by atoms with Crippen molar-refractivity contribution in [1.29, 1.82) is 42.1 Å². The van der Waals surface area contributed by atoms with Crippen LogP contribution in [-0.2, 0) is 68.6 Å². The van der Waals surface area contributed by atoms with Crippen molar-refractivity contribution >= 4 is 124 Å². The van der Waals surface area contributed by atoms with Gasteiger partial charge in [-0.15, -0.1) is 0 Å². The summed E-state index contributed by atoms with van der Waals surface area (Å²) in [7, 11) is 0. The fourth-order valence-corrected chi connectivity index (χ4v) is 8.83. The third-order valence-corrected chi connectivity index (χ3v) is 11.9. The van der Waals surface area contributed by atoms with E-state index in [4.69, 9.17) is 58.9 Å². The van der Waals surface area contributed by atoms with E-state index < -0.39 is 126 Å². The molecular formula is C51H19N8Na8O23S6+. The Labute approximate surface area is 736 Å². The van der Waals surface area contributed by atoms with Gasteiger partial charge in [0.1, 0.15) is 110 Å². The van der Waals surface area contributed by atoms with Crippen molar-refractivity contribution in [1.82, 2.24) is 0 Å². The predicted molar refractivity (Wildman–Crippen MR) is 286 cm³/mol. The summed E-state index contributed by atoms with van der Waals surface area (Å²) >= 11 is -13.4. The van der Waals surface area contributed by atoms with E-state index in [1.54, 1.807) is 61.5 Å². The molecular weight excluding hydrogens is 1470 g/mol. The standard InChI is InChI=1S/C14H6N2O6.C13H8N2O.2C12H6N2O6S2.8Na.2O2S/c15-5-9-10(6-16)12(22-14(19)20)8-4-2-1-3-7(8)11(9)21-13(17)18;1-8-9-4-2-3-5-10(9)13(16)12(7-15)11(8)6-14;2*13-5-9-10(6-14)12(20-22(17)18)8-4-2-1-3-7(8)11(9)19-21(15)16;;;;;;;;;2*1-3-2/h1-4H,(H,17,18)(H,19,20);2-5,16H,1H3;2*1-4H,(H,15,16)(H,17,18);;;;;;;;;;/q;;;;8*+1;;/p-7. The van der Waals surface area contributed by atoms with Gasteiger partial charge < -0.3 is 69.3 Å². The number of carbonyl (C=O) groups excluding carboxylic acids is 2. The van der Waals surface area contributed by atoms with E-state index in [0.717, 1.165) is 5.39 Å². The molecule has 0 heterocycles. The van der Waals surface area contributed by atoms with Crippen molar-refractivity contribution in [2.24, 2.45) is 0 Å². The predicted octanol–water partition coefficient (Wildman–Crippen LogP) is -21.5. The average Bonchev–Trinajstić information content (AvgIpc) is 0.805. The first-order valence-electron chi connectivity index (χ1n) is 21.9. The molecule has 0 N–H and O–H groups in total. The monoisotopic (exact) mass is 1490 g/mol. The normalized spacial score (nSPS) is 9.97. The summed E-state index contributed by atoms with van der Waals surface area (Å²) in [5.41, 5.74) is -1.91. The second kappa shape index (κ2) is 53.2. The van der Waals surface area contributed by atoms with Gasteiger partial charge in [0, 0.05) is 32.3 Å². The second-order valence-electron chi connectivity index (χ2n) is 15.0. The average molecular weight is 1490 g/mol. The summed E-state index contributed by atoms with van der Waals surface area (Å²) in [5, 5.41) is 108. The van der Waals surface area contributed by atoms with Crippen LogP contribution in [0.4, 0.5) is 9.59 Å².